The van der Waals surface area contributed by atoms with Crippen LogP contribution in [-0.4, -0.2) is 11.5 Å². The van der Waals surface area contributed by atoms with Crippen LogP contribution in [0.4, 0.5) is 5.69 Å². The fourth-order valence-corrected chi connectivity index (χ4v) is 1.66. The van der Waals surface area contributed by atoms with Crippen LogP contribution in [0.3, 0.4) is 0 Å². The molecule has 1 atom stereocenters. The Morgan fingerprint density at radius 1 is 1.06 bits per heavy atom. The van der Waals surface area contributed by atoms with Gasteiger partial charge in [0.25, 0.3) is 0 Å². The number of pyridine rings is 1. The van der Waals surface area contributed by atoms with E-state index in [2.05, 4.69) is 37.7 Å². The Morgan fingerprint density at radius 2 is 1.88 bits per heavy atom. The second-order valence-electron chi connectivity index (χ2n) is 3.63. The molecule has 16 heavy (non-hydrogen) atoms. The third-order valence-electron chi connectivity index (χ3n) is 2.36. The van der Waals surface area contributed by atoms with Gasteiger partial charge in [-0.15, -0.1) is 0 Å². The molecule has 1 unspecified atom stereocenters. The standard InChI is InChI=1S/C13H15N2P/c16-13-7-6-11(10-15-13)8-9-14-12-4-2-1-3-5-12/h1-7,10,14H,8-9,16H2. The molecule has 0 fully saturated rings. The summed E-state index contributed by atoms with van der Waals surface area (Å²) < 4.78 is 0. The van der Waals surface area contributed by atoms with Gasteiger partial charge in [0, 0.05) is 18.4 Å². The minimum Gasteiger partial charge on any atom is -0.385 e. The molecule has 1 aromatic heterocycles. The summed E-state index contributed by atoms with van der Waals surface area (Å²) in [6, 6.07) is 14.4. The van der Waals surface area contributed by atoms with Gasteiger partial charge in [-0.25, -0.2) is 0 Å². The van der Waals surface area contributed by atoms with Crippen molar-refractivity contribution in [2.75, 3.05) is 11.9 Å². The van der Waals surface area contributed by atoms with E-state index in [0.29, 0.717) is 0 Å². The third kappa shape index (κ3) is 3.32. The van der Waals surface area contributed by atoms with Crippen molar-refractivity contribution in [2.24, 2.45) is 0 Å². The minimum absolute atomic E-state index is 0.932. The van der Waals surface area contributed by atoms with Crippen LogP contribution in [0.2, 0.25) is 0 Å². The maximum Gasteiger partial charge on any atom is 0.0569 e. The van der Waals surface area contributed by atoms with E-state index in [1.165, 1.54) is 5.56 Å². The molecule has 2 rings (SSSR count). The first-order chi connectivity index (χ1) is 7.84. The number of nitrogens with zero attached hydrogens (tertiary/aromatic N) is 1. The molecule has 0 radical (unpaired) electrons. The van der Waals surface area contributed by atoms with Gasteiger partial charge in [0.2, 0.25) is 0 Å². The van der Waals surface area contributed by atoms with Crippen LogP contribution in [0.15, 0.2) is 48.7 Å². The van der Waals surface area contributed by atoms with Gasteiger partial charge in [0.15, 0.2) is 0 Å². The second kappa shape index (κ2) is 5.62. The summed E-state index contributed by atoms with van der Waals surface area (Å²) in [5.74, 6) is 0. The molecule has 0 saturated heterocycles. The number of anilines is 1. The Morgan fingerprint density at radius 3 is 2.56 bits per heavy atom. The molecule has 1 N–H and O–H groups in total. The zero-order valence-electron chi connectivity index (χ0n) is 9.06. The molecule has 3 heteroatoms. The highest BCUT2D eigenvalue weighted by molar-refractivity contribution is 7.26. The number of nitrogens with one attached hydrogen (secondary N) is 1. The van der Waals surface area contributed by atoms with Crippen molar-refractivity contribution >= 4 is 20.4 Å². The lowest BCUT2D eigenvalue weighted by molar-refractivity contribution is 1.01. The smallest absolute Gasteiger partial charge is 0.0569 e. The van der Waals surface area contributed by atoms with Crippen LogP contribution in [0, 0.1) is 0 Å². The quantitative estimate of drug-likeness (QED) is 0.815. The Labute approximate surface area is 98.3 Å². The third-order valence-corrected chi connectivity index (χ3v) is 2.71. The first-order valence-corrected chi connectivity index (χ1v) is 5.91. The SMILES string of the molecule is Pc1ccc(CCNc2ccccc2)cn1. The highest BCUT2D eigenvalue weighted by atomic mass is 31.0. The zero-order chi connectivity index (χ0) is 11.2. The molecular formula is C13H15N2P. The summed E-state index contributed by atoms with van der Waals surface area (Å²) >= 11 is 0. The van der Waals surface area contributed by atoms with Crippen LogP contribution in [0.5, 0.6) is 0 Å². The molecule has 0 aliphatic heterocycles. The van der Waals surface area contributed by atoms with E-state index in [-0.39, 0.29) is 0 Å². The van der Waals surface area contributed by atoms with Crippen LogP contribution < -0.4 is 10.8 Å². The molecule has 0 amide bonds. The van der Waals surface area contributed by atoms with Gasteiger partial charge in [-0.05, 0) is 30.2 Å². The Balaban J connectivity index is 1.82. The average Bonchev–Trinajstić information content (AvgIpc) is 2.33. The number of rotatable bonds is 4. The second-order valence-corrected chi connectivity index (χ2v) is 4.23. The van der Waals surface area contributed by atoms with Crippen LogP contribution in [0.1, 0.15) is 5.56 Å². The van der Waals surface area contributed by atoms with Crippen molar-refractivity contribution in [3.05, 3.63) is 54.2 Å². The molecule has 1 aromatic carbocycles. The Bertz CT molecular complexity index is 425. The molecule has 0 bridgehead atoms. The predicted molar refractivity (Wildman–Crippen MR) is 72.2 cm³/mol. The molecule has 82 valence electrons. The van der Waals surface area contributed by atoms with E-state index in [1.54, 1.807) is 0 Å². The molecule has 2 nitrogen and oxygen atoms in total. The minimum atomic E-state index is 0.932. The molecule has 0 aliphatic rings. The first kappa shape index (κ1) is 11.1. The van der Waals surface area contributed by atoms with Gasteiger partial charge < -0.3 is 5.32 Å². The van der Waals surface area contributed by atoms with Crippen LogP contribution in [0.25, 0.3) is 0 Å². The van der Waals surface area contributed by atoms with Gasteiger partial charge in [-0.3, -0.25) is 4.98 Å². The molecule has 2 aromatic rings. The fraction of sp³-hybridized carbons (Fsp3) is 0.154. The Kier molecular flexibility index (Phi) is 3.90. The summed E-state index contributed by atoms with van der Waals surface area (Å²) in [6.45, 7) is 0.932. The summed E-state index contributed by atoms with van der Waals surface area (Å²) in [5, 5.41) is 3.37. The monoisotopic (exact) mass is 230 g/mol. The van der Waals surface area contributed by atoms with Gasteiger partial charge in [0.1, 0.15) is 0 Å². The van der Waals surface area contributed by atoms with Crippen molar-refractivity contribution < 1.29 is 0 Å². The number of para-hydroxylation sites is 1. The van der Waals surface area contributed by atoms with Crippen molar-refractivity contribution in [2.45, 2.75) is 6.42 Å². The van der Waals surface area contributed by atoms with Crippen LogP contribution >= 0.6 is 9.24 Å². The number of hydrogen-bond acceptors (Lipinski definition) is 2. The predicted octanol–water partition coefficient (Wildman–Crippen LogP) is 2.24. The van der Waals surface area contributed by atoms with E-state index in [4.69, 9.17) is 0 Å². The van der Waals surface area contributed by atoms with Crippen molar-refractivity contribution in [1.82, 2.24) is 4.98 Å². The zero-order valence-corrected chi connectivity index (χ0v) is 10.2. The van der Waals surface area contributed by atoms with Gasteiger partial charge in [-0.1, -0.05) is 33.5 Å². The van der Waals surface area contributed by atoms with Crippen molar-refractivity contribution in [3.63, 3.8) is 0 Å². The van der Waals surface area contributed by atoms with E-state index in [0.717, 1.165) is 24.1 Å². The van der Waals surface area contributed by atoms with Gasteiger partial charge >= 0.3 is 0 Å². The van der Waals surface area contributed by atoms with Gasteiger partial charge in [-0.2, -0.15) is 0 Å². The molecule has 0 aliphatic carbocycles. The van der Waals surface area contributed by atoms with Crippen molar-refractivity contribution in [3.8, 4) is 0 Å². The topological polar surface area (TPSA) is 24.9 Å². The largest absolute Gasteiger partial charge is 0.385 e. The van der Waals surface area contributed by atoms with Gasteiger partial charge in [0.05, 0.1) is 5.44 Å². The lowest BCUT2D eigenvalue weighted by Gasteiger charge is -2.05. The number of hydrogen-bond donors (Lipinski definition) is 1. The molecule has 0 saturated carbocycles. The van der Waals surface area contributed by atoms with Crippen molar-refractivity contribution in [1.29, 1.82) is 0 Å². The summed E-state index contributed by atoms with van der Waals surface area (Å²) in [4.78, 5) is 4.24. The molecular weight excluding hydrogens is 215 g/mol. The van der Waals surface area contributed by atoms with Crippen LogP contribution in [-0.2, 0) is 6.42 Å². The fourth-order valence-electron chi connectivity index (χ4n) is 1.49. The van der Waals surface area contributed by atoms with E-state index in [9.17, 15) is 0 Å². The lowest BCUT2D eigenvalue weighted by atomic mass is 10.2. The summed E-state index contributed by atoms with van der Waals surface area (Å²) in [7, 11) is 2.59. The Hall–Kier alpha value is -1.40. The number of aromatic nitrogens is 1. The lowest BCUT2D eigenvalue weighted by Crippen LogP contribution is -2.06. The van der Waals surface area contributed by atoms with E-state index >= 15 is 0 Å². The normalized spacial score (nSPS) is 10.1. The summed E-state index contributed by atoms with van der Waals surface area (Å²) in [5.41, 5.74) is 3.41. The van der Waals surface area contributed by atoms with E-state index in [1.807, 2.05) is 30.5 Å². The highest BCUT2D eigenvalue weighted by Gasteiger charge is 1.94. The highest BCUT2D eigenvalue weighted by Crippen LogP contribution is 2.05. The first-order valence-electron chi connectivity index (χ1n) is 5.34. The molecule has 0 spiro atoms. The average molecular weight is 230 g/mol. The molecule has 1 heterocycles. The maximum atomic E-state index is 4.24. The summed E-state index contributed by atoms with van der Waals surface area (Å²) in [6.07, 6.45) is 2.92. The number of benzene rings is 1. The van der Waals surface area contributed by atoms with E-state index < -0.39 is 0 Å². The maximum absolute atomic E-state index is 4.24.